The van der Waals surface area contributed by atoms with E-state index in [-0.39, 0.29) is 45.4 Å². The van der Waals surface area contributed by atoms with Crippen LogP contribution in [0, 0.1) is 5.82 Å². The molecule has 2 amide bonds. The van der Waals surface area contributed by atoms with Crippen molar-refractivity contribution in [3.05, 3.63) is 77.6 Å². The molecule has 1 fully saturated rings. The summed E-state index contributed by atoms with van der Waals surface area (Å²) >= 11 is 6.96. The topological polar surface area (TPSA) is 198 Å². The molecule has 0 aliphatic carbocycles. The Morgan fingerprint density at radius 3 is 2.43 bits per heavy atom. The molecule has 1 atom stereocenters. The summed E-state index contributed by atoms with van der Waals surface area (Å²) < 4.78 is 68.0. The number of anilines is 1. The van der Waals surface area contributed by atoms with Gasteiger partial charge in [0.1, 0.15) is 16.1 Å². The number of primary sulfonamides is 1. The maximum absolute atomic E-state index is 15.4. The second kappa shape index (κ2) is 13.0. The van der Waals surface area contributed by atoms with E-state index >= 15 is 4.39 Å². The summed E-state index contributed by atoms with van der Waals surface area (Å²) in [5.41, 5.74) is 5.61. The van der Waals surface area contributed by atoms with E-state index in [1.165, 1.54) is 36.4 Å². The molecule has 0 saturated carbocycles. The van der Waals surface area contributed by atoms with Gasteiger partial charge < -0.3 is 15.7 Å². The van der Waals surface area contributed by atoms with E-state index in [2.05, 4.69) is 0 Å². The lowest BCUT2D eigenvalue weighted by Crippen LogP contribution is -2.48. The Hall–Kier alpha value is -3.93. The molecule has 0 bridgehead atoms. The lowest BCUT2D eigenvalue weighted by atomic mass is 10.0. The monoisotopic (exact) mass is 682 g/mol. The number of hydrogen-bond acceptors (Lipinski definition) is 8. The minimum Gasteiger partial charge on any atom is -0.483 e. The van der Waals surface area contributed by atoms with Crippen molar-refractivity contribution < 1.29 is 40.7 Å². The lowest BCUT2D eigenvalue weighted by molar-refractivity contribution is -0.123. The third kappa shape index (κ3) is 6.74. The zero-order valence-electron chi connectivity index (χ0n) is 22.5. The standard InChI is InChI=1S/C26H22ClFN4O6S3.CH2O2/c27-17-7-5-16-12-25(39-22(16)13-17)41(37,38)32(14-24(29)33)21-9-10-31(26(21)34)20-8-6-15(11-19(20)28)18-3-1-2-4-23(18)40(30,35)36;2-1-3/h1-8,11-13,21H,9-10,14H2,(H2,29,33)(H2,30,35,36);1H,(H,2,3). The van der Waals surface area contributed by atoms with Crippen LogP contribution in [0.3, 0.4) is 0 Å². The quantitative estimate of drug-likeness (QED) is 0.236. The SMILES string of the molecule is NC(=O)CN(C1CCN(c2ccc(-c3ccccc3S(N)(=O)=O)cc2F)C1=O)S(=O)(=O)c1cc2ccc(Cl)cc2s1.O=CO. The van der Waals surface area contributed by atoms with Gasteiger partial charge in [0.05, 0.1) is 17.1 Å². The van der Waals surface area contributed by atoms with Crippen LogP contribution < -0.4 is 15.8 Å². The molecule has 1 aliphatic rings. The van der Waals surface area contributed by atoms with Crippen LogP contribution in [0.15, 0.2) is 75.8 Å². The first kappa shape index (κ1) is 33.0. The van der Waals surface area contributed by atoms with E-state index in [9.17, 15) is 26.4 Å². The third-order valence-corrected chi connectivity index (χ3v) is 11.2. The van der Waals surface area contributed by atoms with Gasteiger partial charge in [0.25, 0.3) is 16.5 Å². The number of nitrogens with zero attached hydrogens (tertiary/aromatic N) is 2. The van der Waals surface area contributed by atoms with Crippen LogP contribution in [0.1, 0.15) is 6.42 Å². The van der Waals surface area contributed by atoms with Gasteiger partial charge in [0.2, 0.25) is 21.8 Å². The molecule has 3 aromatic carbocycles. The van der Waals surface area contributed by atoms with Gasteiger partial charge in [-0.05, 0) is 53.8 Å². The predicted molar refractivity (Wildman–Crippen MR) is 163 cm³/mol. The van der Waals surface area contributed by atoms with Gasteiger partial charge >= 0.3 is 0 Å². The molecule has 1 saturated heterocycles. The number of carbonyl (C=O) groups excluding carboxylic acids is 2. The third-order valence-electron chi connectivity index (χ3n) is 6.60. The number of rotatable bonds is 8. The fourth-order valence-electron chi connectivity index (χ4n) is 4.76. The first-order valence-corrected chi connectivity index (χ1v) is 16.7. The average molecular weight is 683 g/mol. The first-order chi connectivity index (χ1) is 20.7. The van der Waals surface area contributed by atoms with Gasteiger partial charge in [-0.2, -0.15) is 4.31 Å². The van der Waals surface area contributed by atoms with Crippen molar-refractivity contribution >= 4 is 77.0 Å². The predicted octanol–water partition coefficient (Wildman–Crippen LogP) is 2.99. The number of amides is 2. The lowest BCUT2D eigenvalue weighted by Gasteiger charge is -2.26. The first-order valence-electron chi connectivity index (χ1n) is 12.5. The van der Waals surface area contributed by atoms with Crippen molar-refractivity contribution in [2.45, 2.75) is 21.6 Å². The molecule has 44 heavy (non-hydrogen) atoms. The van der Waals surface area contributed by atoms with E-state index in [0.717, 1.165) is 26.6 Å². The number of sulfonamides is 2. The molecule has 17 heteroatoms. The molecule has 12 nitrogen and oxygen atoms in total. The molecule has 1 aliphatic heterocycles. The van der Waals surface area contributed by atoms with Crippen LogP contribution in [0.5, 0.6) is 0 Å². The van der Waals surface area contributed by atoms with Crippen LogP contribution >= 0.6 is 22.9 Å². The second-order valence-electron chi connectivity index (χ2n) is 9.37. The molecule has 0 radical (unpaired) electrons. The Morgan fingerprint density at radius 2 is 1.80 bits per heavy atom. The van der Waals surface area contributed by atoms with E-state index in [1.807, 2.05) is 0 Å². The average Bonchev–Trinajstić information content (AvgIpc) is 3.55. The number of halogens is 2. The Bertz CT molecular complexity index is 1990. The van der Waals surface area contributed by atoms with E-state index < -0.39 is 50.3 Å². The number of carboxylic acid groups (broad SMARTS) is 1. The van der Waals surface area contributed by atoms with Crippen molar-refractivity contribution in [2.75, 3.05) is 18.0 Å². The molecule has 0 spiro atoms. The highest BCUT2D eigenvalue weighted by Gasteiger charge is 2.44. The molecule has 1 unspecified atom stereocenters. The van der Waals surface area contributed by atoms with Crippen molar-refractivity contribution in [3.8, 4) is 11.1 Å². The molecule has 5 rings (SSSR count). The van der Waals surface area contributed by atoms with E-state index in [0.29, 0.717) is 15.1 Å². The Morgan fingerprint density at radius 1 is 1.11 bits per heavy atom. The van der Waals surface area contributed by atoms with Crippen molar-refractivity contribution in [1.29, 1.82) is 0 Å². The number of benzene rings is 3. The molecule has 4 aromatic rings. The van der Waals surface area contributed by atoms with Crippen LogP contribution in [0.4, 0.5) is 10.1 Å². The van der Waals surface area contributed by atoms with Crippen LogP contribution in [-0.4, -0.2) is 63.7 Å². The van der Waals surface area contributed by atoms with Gasteiger partial charge in [-0.25, -0.2) is 26.4 Å². The summed E-state index contributed by atoms with van der Waals surface area (Å²) in [5, 5.41) is 13.2. The van der Waals surface area contributed by atoms with Crippen LogP contribution in [0.25, 0.3) is 21.2 Å². The maximum atomic E-state index is 15.4. The number of primary amides is 1. The minimum absolute atomic E-state index is 0.0302. The Balaban J connectivity index is 0.00000141. The normalized spacial score (nSPS) is 15.3. The van der Waals surface area contributed by atoms with Gasteiger partial charge in [0.15, 0.2) is 0 Å². The molecule has 232 valence electrons. The van der Waals surface area contributed by atoms with Gasteiger partial charge in [-0.3, -0.25) is 14.4 Å². The minimum atomic E-state index is -4.37. The summed E-state index contributed by atoms with van der Waals surface area (Å²) in [7, 11) is -8.46. The fourth-order valence-corrected chi connectivity index (χ4v) is 8.90. The highest BCUT2D eigenvalue weighted by molar-refractivity contribution is 7.91. The number of hydrogen-bond donors (Lipinski definition) is 3. The summed E-state index contributed by atoms with van der Waals surface area (Å²) in [5.74, 6) is -2.55. The Labute approximate surface area is 260 Å². The Kier molecular flexibility index (Phi) is 9.72. The molecule has 2 heterocycles. The number of nitrogens with two attached hydrogens (primary N) is 2. The number of carbonyl (C=O) groups is 3. The summed E-state index contributed by atoms with van der Waals surface area (Å²) in [4.78, 5) is 34.7. The number of fused-ring (bicyclic) bond motifs is 1. The van der Waals surface area contributed by atoms with Crippen molar-refractivity contribution in [3.63, 3.8) is 0 Å². The summed E-state index contributed by atoms with van der Waals surface area (Å²) in [6.07, 6.45) is -0.0302. The van der Waals surface area contributed by atoms with Crippen LogP contribution in [-0.2, 0) is 34.4 Å². The summed E-state index contributed by atoms with van der Waals surface area (Å²) in [6.45, 7) is -1.05. The largest absolute Gasteiger partial charge is 0.483 e. The highest BCUT2D eigenvalue weighted by atomic mass is 35.5. The zero-order chi connectivity index (χ0) is 32.4. The van der Waals surface area contributed by atoms with Gasteiger partial charge in [-0.1, -0.05) is 41.9 Å². The van der Waals surface area contributed by atoms with Gasteiger partial charge in [-0.15, -0.1) is 11.3 Å². The fraction of sp³-hybridized carbons (Fsp3) is 0.148. The molecule has 5 N–H and O–H groups in total. The maximum Gasteiger partial charge on any atom is 0.290 e. The molecular weight excluding hydrogens is 659 g/mol. The highest BCUT2D eigenvalue weighted by Crippen LogP contribution is 2.36. The van der Waals surface area contributed by atoms with E-state index in [1.54, 1.807) is 24.3 Å². The second-order valence-corrected chi connectivity index (χ2v) is 14.5. The van der Waals surface area contributed by atoms with Crippen LogP contribution in [0.2, 0.25) is 5.02 Å². The molecular formula is C27H24ClFN4O8S3. The van der Waals surface area contributed by atoms with Gasteiger partial charge in [0, 0.05) is 21.8 Å². The zero-order valence-corrected chi connectivity index (χ0v) is 25.7. The summed E-state index contributed by atoms with van der Waals surface area (Å²) in [6, 6.07) is 14.6. The van der Waals surface area contributed by atoms with E-state index in [4.69, 9.17) is 32.4 Å². The molecule has 1 aromatic heterocycles. The number of thiophene rings is 1. The van der Waals surface area contributed by atoms with Crippen molar-refractivity contribution in [2.24, 2.45) is 10.9 Å². The van der Waals surface area contributed by atoms with Crippen molar-refractivity contribution in [1.82, 2.24) is 4.31 Å². The smallest absolute Gasteiger partial charge is 0.290 e.